The Balaban J connectivity index is 3.13. The van der Waals surface area contributed by atoms with Crippen molar-refractivity contribution < 1.29 is 19.6 Å². The van der Waals surface area contributed by atoms with Crippen LogP contribution in [0.1, 0.15) is 29.8 Å². The lowest BCUT2D eigenvalue weighted by Gasteiger charge is -2.22. The number of nitrogens with zero attached hydrogens (tertiary/aromatic N) is 2. The highest BCUT2D eigenvalue weighted by Crippen LogP contribution is 2.18. The average molecular weight is 294 g/mol. The number of benzene rings is 1. The van der Waals surface area contributed by atoms with E-state index < -0.39 is 23.3 Å². The number of aliphatic carboxylic acids is 1. The van der Waals surface area contributed by atoms with Crippen LogP contribution < -0.4 is 0 Å². The van der Waals surface area contributed by atoms with Crippen LogP contribution >= 0.6 is 0 Å². The molecule has 0 unspecified atom stereocenters. The zero-order valence-electron chi connectivity index (χ0n) is 12.2. The number of hydrogen-bond acceptors (Lipinski definition) is 4. The molecule has 0 saturated carbocycles. The van der Waals surface area contributed by atoms with Crippen LogP contribution in [0, 0.1) is 23.0 Å². The molecule has 0 aliphatic rings. The Morgan fingerprint density at radius 2 is 1.95 bits per heavy atom. The van der Waals surface area contributed by atoms with Gasteiger partial charge in [0.1, 0.15) is 6.54 Å². The molecule has 0 bridgehead atoms. The maximum absolute atomic E-state index is 12.4. The zero-order valence-corrected chi connectivity index (χ0v) is 12.2. The number of aryl methyl sites for hydroxylation is 1. The van der Waals surface area contributed by atoms with E-state index in [9.17, 15) is 19.7 Å². The summed E-state index contributed by atoms with van der Waals surface area (Å²) in [5.41, 5.74) is 0.522. The van der Waals surface area contributed by atoms with Gasteiger partial charge in [-0.3, -0.25) is 19.7 Å². The summed E-state index contributed by atoms with van der Waals surface area (Å²) in [6.07, 6.45) is 0. The Kier molecular flexibility index (Phi) is 5.40. The van der Waals surface area contributed by atoms with Gasteiger partial charge in [0.05, 0.1) is 4.92 Å². The first-order valence-electron chi connectivity index (χ1n) is 6.48. The van der Waals surface area contributed by atoms with Crippen LogP contribution in [0.2, 0.25) is 0 Å². The predicted molar refractivity (Wildman–Crippen MR) is 76.2 cm³/mol. The van der Waals surface area contributed by atoms with E-state index >= 15 is 0 Å². The number of nitro groups is 1. The Hall–Kier alpha value is -2.44. The molecular formula is C14H18N2O5. The van der Waals surface area contributed by atoms with Crippen molar-refractivity contribution in [2.24, 2.45) is 5.92 Å². The minimum atomic E-state index is -1.12. The van der Waals surface area contributed by atoms with Gasteiger partial charge in [0, 0.05) is 24.2 Å². The minimum absolute atomic E-state index is 0.0908. The predicted octanol–water partition coefficient (Wildman–Crippen LogP) is 2.09. The molecule has 21 heavy (non-hydrogen) atoms. The maximum atomic E-state index is 12.4. The number of carboxylic acid groups (broad SMARTS) is 1. The van der Waals surface area contributed by atoms with Gasteiger partial charge in [0.15, 0.2) is 0 Å². The van der Waals surface area contributed by atoms with Gasteiger partial charge in [-0.2, -0.15) is 0 Å². The van der Waals surface area contributed by atoms with E-state index in [1.54, 1.807) is 6.92 Å². The van der Waals surface area contributed by atoms with Gasteiger partial charge in [-0.05, 0) is 24.5 Å². The van der Waals surface area contributed by atoms with Crippen LogP contribution in [-0.2, 0) is 4.79 Å². The van der Waals surface area contributed by atoms with Gasteiger partial charge in [-0.15, -0.1) is 0 Å². The molecule has 1 aromatic rings. The molecule has 7 heteroatoms. The van der Waals surface area contributed by atoms with Crippen LogP contribution in [0.25, 0.3) is 0 Å². The summed E-state index contributed by atoms with van der Waals surface area (Å²) < 4.78 is 0. The molecule has 0 atom stereocenters. The van der Waals surface area contributed by atoms with Crippen molar-refractivity contribution >= 4 is 17.6 Å². The van der Waals surface area contributed by atoms with Crippen LogP contribution in [0.15, 0.2) is 18.2 Å². The van der Waals surface area contributed by atoms with Gasteiger partial charge >= 0.3 is 5.97 Å². The number of hydrogen-bond donors (Lipinski definition) is 1. The molecule has 0 heterocycles. The molecule has 1 rings (SSSR count). The molecular weight excluding hydrogens is 276 g/mol. The van der Waals surface area contributed by atoms with Crippen molar-refractivity contribution in [2.75, 3.05) is 13.1 Å². The lowest BCUT2D eigenvalue weighted by molar-refractivity contribution is -0.384. The molecule has 1 aromatic carbocycles. The first-order valence-corrected chi connectivity index (χ1v) is 6.48. The van der Waals surface area contributed by atoms with Crippen molar-refractivity contribution in [3.63, 3.8) is 0 Å². The molecule has 0 spiro atoms. The van der Waals surface area contributed by atoms with E-state index in [1.807, 2.05) is 13.8 Å². The molecule has 1 amide bonds. The maximum Gasteiger partial charge on any atom is 0.323 e. The van der Waals surface area contributed by atoms with E-state index in [1.165, 1.54) is 23.1 Å². The molecule has 0 radical (unpaired) electrons. The summed E-state index contributed by atoms with van der Waals surface area (Å²) in [4.78, 5) is 34.7. The van der Waals surface area contributed by atoms with E-state index in [0.29, 0.717) is 5.56 Å². The van der Waals surface area contributed by atoms with Crippen LogP contribution in [0.3, 0.4) is 0 Å². The van der Waals surface area contributed by atoms with Gasteiger partial charge in [0.2, 0.25) is 0 Å². The van der Waals surface area contributed by atoms with E-state index in [2.05, 4.69) is 0 Å². The second-order valence-corrected chi connectivity index (χ2v) is 5.29. The normalized spacial score (nSPS) is 10.5. The minimum Gasteiger partial charge on any atom is -0.480 e. The summed E-state index contributed by atoms with van der Waals surface area (Å²) in [7, 11) is 0. The Morgan fingerprint density at radius 1 is 1.33 bits per heavy atom. The van der Waals surface area contributed by atoms with E-state index in [4.69, 9.17) is 5.11 Å². The summed E-state index contributed by atoms with van der Waals surface area (Å²) in [6.45, 7) is 5.21. The van der Waals surface area contributed by atoms with Crippen LogP contribution in [0.5, 0.6) is 0 Å². The monoisotopic (exact) mass is 294 g/mol. The lowest BCUT2D eigenvalue weighted by Crippen LogP contribution is -2.38. The number of nitro benzene ring substituents is 1. The summed E-state index contributed by atoms with van der Waals surface area (Å²) in [5.74, 6) is -1.54. The van der Waals surface area contributed by atoms with E-state index in [-0.39, 0.29) is 23.7 Å². The highest BCUT2D eigenvalue weighted by atomic mass is 16.6. The highest BCUT2D eigenvalue weighted by molar-refractivity contribution is 5.96. The number of carbonyl (C=O) groups excluding carboxylic acids is 1. The zero-order chi connectivity index (χ0) is 16.2. The fourth-order valence-electron chi connectivity index (χ4n) is 2.00. The number of carboxylic acids is 1. The van der Waals surface area contributed by atoms with Crippen molar-refractivity contribution in [2.45, 2.75) is 20.8 Å². The molecule has 0 saturated heterocycles. The fourth-order valence-corrected chi connectivity index (χ4v) is 2.00. The third-order valence-corrected chi connectivity index (χ3v) is 2.72. The molecule has 0 aliphatic carbocycles. The quantitative estimate of drug-likeness (QED) is 0.639. The molecule has 0 aliphatic heterocycles. The molecule has 0 fully saturated rings. The van der Waals surface area contributed by atoms with Crippen molar-refractivity contribution in [3.8, 4) is 0 Å². The number of amides is 1. The Labute approximate surface area is 122 Å². The first-order chi connectivity index (χ1) is 9.70. The molecule has 7 nitrogen and oxygen atoms in total. The average Bonchev–Trinajstić information content (AvgIpc) is 2.35. The summed E-state index contributed by atoms with van der Waals surface area (Å²) in [5, 5.41) is 19.7. The number of carbonyl (C=O) groups is 2. The van der Waals surface area contributed by atoms with Gasteiger partial charge < -0.3 is 10.0 Å². The molecule has 0 aromatic heterocycles. The lowest BCUT2D eigenvalue weighted by atomic mass is 10.1. The van der Waals surface area contributed by atoms with Gasteiger partial charge in [-0.1, -0.05) is 13.8 Å². The summed E-state index contributed by atoms with van der Waals surface area (Å²) >= 11 is 0. The summed E-state index contributed by atoms with van der Waals surface area (Å²) in [6, 6.07) is 4.05. The van der Waals surface area contributed by atoms with E-state index in [0.717, 1.165) is 0 Å². The topological polar surface area (TPSA) is 101 Å². The van der Waals surface area contributed by atoms with Crippen LogP contribution in [0.4, 0.5) is 5.69 Å². The second-order valence-electron chi connectivity index (χ2n) is 5.29. The van der Waals surface area contributed by atoms with Gasteiger partial charge in [0.25, 0.3) is 11.6 Å². The fraction of sp³-hybridized carbons (Fsp3) is 0.429. The van der Waals surface area contributed by atoms with Crippen molar-refractivity contribution in [1.29, 1.82) is 0 Å². The third-order valence-electron chi connectivity index (χ3n) is 2.72. The largest absolute Gasteiger partial charge is 0.480 e. The van der Waals surface area contributed by atoms with Crippen molar-refractivity contribution in [1.82, 2.24) is 4.90 Å². The number of non-ortho nitro benzene ring substituents is 1. The Morgan fingerprint density at radius 3 is 2.43 bits per heavy atom. The SMILES string of the molecule is Cc1cc(C(=O)N(CC(=O)O)CC(C)C)cc([N+](=O)[O-])c1. The van der Waals surface area contributed by atoms with Crippen LogP contribution in [-0.4, -0.2) is 39.9 Å². The first kappa shape index (κ1) is 16.6. The highest BCUT2D eigenvalue weighted by Gasteiger charge is 2.21. The van der Waals surface area contributed by atoms with Gasteiger partial charge in [-0.25, -0.2) is 0 Å². The second kappa shape index (κ2) is 6.83. The van der Waals surface area contributed by atoms with Crippen molar-refractivity contribution in [3.05, 3.63) is 39.4 Å². The molecule has 114 valence electrons. The molecule has 1 N–H and O–H groups in total. The third kappa shape index (κ3) is 4.87. The smallest absolute Gasteiger partial charge is 0.323 e. The number of rotatable bonds is 6. The Bertz CT molecular complexity index is 568. The standard InChI is InChI=1S/C14H18N2O5/c1-9(2)7-15(8-13(17)18)14(19)11-4-10(3)5-12(6-11)16(20)21/h4-6,9H,7-8H2,1-3H3,(H,17,18).